The van der Waals surface area contributed by atoms with Crippen molar-refractivity contribution in [3.8, 4) is 0 Å². The number of aromatic nitrogens is 2. The Balaban J connectivity index is 1.54. The number of nitrogens with zero attached hydrogens (tertiary/aromatic N) is 2. The number of H-pyrrole nitrogens is 1. The molecule has 3 fully saturated rings. The Hall–Kier alpha value is -1.36. The summed E-state index contributed by atoms with van der Waals surface area (Å²) in [6, 6.07) is 1.92. The second-order valence-electron chi connectivity index (χ2n) is 5.94. The molecule has 1 aromatic rings. The summed E-state index contributed by atoms with van der Waals surface area (Å²) in [6.07, 6.45) is 3.96. The van der Waals surface area contributed by atoms with Crippen molar-refractivity contribution in [2.45, 2.75) is 31.4 Å². The molecule has 0 radical (unpaired) electrons. The van der Waals surface area contributed by atoms with E-state index in [1.54, 1.807) is 6.20 Å². The number of rotatable bonds is 2. The molecule has 96 valence electrons. The number of likely N-dealkylation sites (tertiary alicyclic amines) is 1. The van der Waals surface area contributed by atoms with Crippen molar-refractivity contribution in [3.05, 3.63) is 18.0 Å². The van der Waals surface area contributed by atoms with Crippen molar-refractivity contribution in [1.29, 1.82) is 0 Å². The molecule has 0 spiro atoms. The molecule has 2 bridgehead atoms. The molecule has 2 N–H and O–H groups in total. The fraction of sp³-hybridized carbons (Fsp3) is 0.692. The molecular formula is C13H17N3O2. The quantitative estimate of drug-likeness (QED) is 0.783. The van der Waals surface area contributed by atoms with Crippen molar-refractivity contribution in [1.82, 2.24) is 15.1 Å². The smallest absolute Gasteiger partial charge is 0.228 e. The lowest BCUT2D eigenvalue weighted by molar-refractivity contribution is -0.133. The average molecular weight is 247 g/mol. The van der Waals surface area contributed by atoms with Crippen LogP contribution in [-0.4, -0.2) is 44.8 Å². The minimum Gasteiger partial charge on any atom is -0.391 e. The first-order valence-electron chi connectivity index (χ1n) is 6.70. The summed E-state index contributed by atoms with van der Waals surface area (Å²) >= 11 is 0. The van der Waals surface area contributed by atoms with Crippen LogP contribution in [0.5, 0.6) is 0 Å². The zero-order valence-corrected chi connectivity index (χ0v) is 10.1. The number of carbonyl (C=O) groups is 1. The Morgan fingerprint density at radius 1 is 1.50 bits per heavy atom. The van der Waals surface area contributed by atoms with Gasteiger partial charge in [0.25, 0.3) is 0 Å². The van der Waals surface area contributed by atoms with Gasteiger partial charge in [-0.2, -0.15) is 5.10 Å². The molecule has 1 aromatic heterocycles. The lowest BCUT2D eigenvalue weighted by atomic mass is 9.88. The van der Waals surface area contributed by atoms with Gasteiger partial charge in [0.05, 0.1) is 18.6 Å². The summed E-state index contributed by atoms with van der Waals surface area (Å²) in [4.78, 5) is 14.3. The summed E-state index contributed by atoms with van der Waals surface area (Å²) in [5, 5.41) is 16.9. The maximum atomic E-state index is 12.3. The van der Waals surface area contributed by atoms with E-state index in [-0.39, 0.29) is 18.1 Å². The minimum atomic E-state index is -0.292. The van der Waals surface area contributed by atoms with E-state index in [1.807, 2.05) is 11.0 Å². The molecule has 1 saturated heterocycles. The summed E-state index contributed by atoms with van der Waals surface area (Å²) in [6.45, 7) is 0.843. The van der Waals surface area contributed by atoms with Crippen molar-refractivity contribution in [2.24, 2.45) is 17.8 Å². The van der Waals surface area contributed by atoms with Crippen LogP contribution in [0, 0.1) is 17.8 Å². The highest BCUT2D eigenvalue weighted by Gasteiger charge is 2.59. The molecule has 2 aliphatic carbocycles. The van der Waals surface area contributed by atoms with E-state index in [4.69, 9.17) is 0 Å². The van der Waals surface area contributed by atoms with Crippen LogP contribution in [0.4, 0.5) is 0 Å². The summed E-state index contributed by atoms with van der Waals surface area (Å²) in [7, 11) is 0. The van der Waals surface area contributed by atoms with Gasteiger partial charge in [-0.25, -0.2) is 0 Å². The van der Waals surface area contributed by atoms with E-state index in [0.29, 0.717) is 24.2 Å². The molecule has 1 amide bonds. The third-order valence-corrected chi connectivity index (χ3v) is 5.07. The first-order chi connectivity index (χ1) is 8.74. The molecule has 3 aliphatic rings. The van der Waals surface area contributed by atoms with Crippen LogP contribution in [0.3, 0.4) is 0 Å². The number of aliphatic hydroxyl groups is 1. The predicted molar refractivity (Wildman–Crippen MR) is 63.5 cm³/mol. The number of aromatic amines is 1. The lowest BCUT2D eigenvalue weighted by Crippen LogP contribution is -2.44. The SMILES string of the molecule is O=C(Cc1ccn[nH]1)N1CC2CC3CC2C1C3O. The maximum Gasteiger partial charge on any atom is 0.228 e. The standard InChI is InChI=1S/C13H17N3O2/c17-11(5-9-1-2-14-15-9)16-6-8-3-7-4-10(8)12(16)13(7)18/h1-2,7-8,10,12-13,18H,3-6H2,(H,14,15). The number of nitrogens with one attached hydrogen (secondary N) is 1. The molecule has 5 atom stereocenters. The van der Waals surface area contributed by atoms with E-state index < -0.39 is 0 Å². The van der Waals surface area contributed by atoms with Gasteiger partial charge >= 0.3 is 0 Å². The van der Waals surface area contributed by atoms with E-state index >= 15 is 0 Å². The van der Waals surface area contributed by atoms with Crippen molar-refractivity contribution in [2.75, 3.05) is 6.54 Å². The molecule has 1 aliphatic heterocycles. The van der Waals surface area contributed by atoms with Gasteiger partial charge in [0, 0.05) is 18.4 Å². The van der Waals surface area contributed by atoms with Crippen LogP contribution < -0.4 is 0 Å². The van der Waals surface area contributed by atoms with Crippen molar-refractivity contribution >= 4 is 5.91 Å². The number of hydrogen-bond acceptors (Lipinski definition) is 3. The Kier molecular flexibility index (Phi) is 2.09. The number of amides is 1. The van der Waals surface area contributed by atoms with Gasteiger partial charge in [0.2, 0.25) is 5.91 Å². The highest BCUT2D eigenvalue weighted by molar-refractivity contribution is 5.79. The molecule has 2 heterocycles. The lowest BCUT2D eigenvalue weighted by Gasteiger charge is -2.28. The highest BCUT2D eigenvalue weighted by atomic mass is 16.3. The zero-order chi connectivity index (χ0) is 12.3. The normalized spacial score (nSPS) is 40.7. The first-order valence-corrected chi connectivity index (χ1v) is 6.70. The summed E-state index contributed by atoms with van der Waals surface area (Å²) in [5.41, 5.74) is 0.850. The molecule has 4 rings (SSSR count). The van der Waals surface area contributed by atoms with E-state index in [1.165, 1.54) is 0 Å². The third-order valence-electron chi connectivity index (χ3n) is 5.07. The molecule has 5 heteroatoms. The maximum absolute atomic E-state index is 12.3. The number of fused-ring (bicyclic) bond motifs is 1. The van der Waals surface area contributed by atoms with Crippen LogP contribution in [0.15, 0.2) is 12.3 Å². The molecule has 5 nitrogen and oxygen atoms in total. The number of aliphatic hydroxyl groups excluding tert-OH is 1. The Morgan fingerprint density at radius 2 is 2.39 bits per heavy atom. The van der Waals surface area contributed by atoms with Crippen LogP contribution in [0.2, 0.25) is 0 Å². The number of carbonyl (C=O) groups excluding carboxylic acids is 1. The fourth-order valence-electron chi connectivity index (χ4n) is 4.35. The molecule has 2 saturated carbocycles. The molecular weight excluding hydrogens is 230 g/mol. The topological polar surface area (TPSA) is 69.2 Å². The van der Waals surface area contributed by atoms with Gasteiger partial charge in [0.1, 0.15) is 0 Å². The average Bonchev–Trinajstić information content (AvgIpc) is 3.02. The van der Waals surface area contributed by atoms with Crippen molar-refractivity contribution in [3.63, 3.8) is 0 Å². The zero-order valence-electron chi connectivity index (χ0n) is 10.1. The van der Waals surface area contributed by atoms with Crippen LogP contribution in [0.1, 0.15) is 18.5 Å². The van der Waals surface area contributed by atoms with Gasteiger partial charge < -0.3 is 10.0 Å². The largest absolute Gasteiger partial charge is 0.391 e. The van der Waals surface area contributed by atoms with Gasteiger partial charge in [-0.05, 0) is 36.7 Å². The van der Waals surface area contributed by atoms with Crippen LogP contribution >= 0.6 is 0 Å². The Labute approximate surface area is 105 Å². The summed E-state index contributed by atoms with van der Waals surface area (Å²) < 4.78 is 0. The van der Waals surface area contributed by atoms with Gasteiger partial charge in [-0.1, -0.05) is 0 Å². The molecule has 5 unspecified atom stereocenters. The Morgan fingerprint density at radius 3 is 3.11 bits per heavy atom. The first kappa shape index (κ1) is 10.6. The predicted octanol–water partition coefficient (Wildman–Crippen LogP) is 0.180. The van der Waals surface area contributed by atoms with Gasteiger partial charge in [-0.3, -0.25) is 9.89 Å². The number of hydrogen-bond donors (Lipinski definition) is 2. The molecule has 18 heavy (non-hydrogen) atoms. The second-order valence-corrected chi connectivity index (χ2v) is 5.94. The highest BCUT2D eigenvalue weighted by Crippen LogP contribution is 2.54. The molecule has 0 aromatic carbocycles. The third kappa shape index (κ3) is 1.31. The van der Waals surface area contributed by atoms with E-state index in [0.717, 1.165) is 25.1 Å². The van der Waals surface area contributed by atoms with E-state index in [9.17, 15) is 9.90 Å². The monoisotopic (exact) mass is 247 g/mol. The van der Waals surface area contributed by atoms with Gasteiger partial charge in [-0.15, -0.1) is 0 Å². The Bertz CT molecular complexity index is 471. The second kappa shape index (κ2) is 3.57. The van der Waals surface area contributed by atoms with Crippen molar-refractivity contribution < 1.29 is 9.90 Å². The summed E-state index contributed by atoms with van der Waals surface area (Å²) in [5.74, 6) is 1.75. The van der Waals surface area contributed by atoms with Crippen LogP contribution in [-0.2, 0) is 11.2 Å². The van der Waals surface area contributed by atoms with Crippen LogP contribution in [0.25, 0.3) is 0 Å². The van der Waals surface area contributed by atoms with E-state index in [2.05, 4.69) is 10.2 Å². The van der Waals surface area contributed by atoms with Gasteiger partial charge in [0.15, 0.2) is 0 Å². The minimum absolute atomic E-state index is 0.0872. The fourth-order valence-corrected chi connectivity index (χ4v) is 4.35.